The van der Waals surface area contributed by atoms with Gasteiger partial charge in [-0.2, -0.15) is 79.4 Å². The summed E-state index contributed by atoms with van der Waals surface area (Å²) in [6.07, 6.45) is -7.86. The van der Waals surface area contributed by atoms with Crippen LogP contribution in [0, 0.1) is 0 Å². The van der Waals surface area contributed by atoms with Gasteiger partial charge in [-0.15, -0.1) is 0 Å². The topological polar surface area (TPSA) is 46.2 Å². The number of rotatable bonds is 10. The van der Waals surface area contributed by atoms with E-state index in [0.29, 0.717) is 4.72 Å². The zero-order valence-electron chi connectivity index (χ0n) is 16.3. The molecule has 0 spiro atoms. The first-order valence-electron chi connectivity index (χ1n) is 7.72. The summed E-state index contributed by atoms with van der Waals surface area (Å²) in [5.41, 5.74) is 0. The lowest BCUT2D eigenvalue weighted by Gasteiger charge is -2.42. The smallest absolute Gasteiger partial charge is 0.318 e. The Hall–Kier alpha value is -1.32. The van der Waals surface area contributed by atoms with Gasteiger partial charge in [0, 0.05) is 0 Å². The van der Waals surface area contributed by atoms with Crippen molar-refractivity contribution in [2.24, 2.45) is 0 Å². The maximum absolute atomic E-state index is 13.7. The van der Waals surface area contributed by atoms with E-state index in [4.69, 9.17) is 0 Å². The molecule has 0 atom stereocenters. The highest BCUT2D eigenvalue weighted by molar-refractivity contribution is 7.90. The minimum Gasteiger partial charge on any atom is -0.318 e. The molecule has 0 rings (SSSR count). The highest BCUT2D eigenvalue weighted by Crippen LogP contribution is 2.64. The van der Waals surface area contributed by atoms with Crippen molar-refractivity contribution in [2.45, 2.75) is 47.0 Å². The van der Waals surface area contributed by atoms with Crippen LogP contribution in [0.15, 0.2) is 0 Å². The average Bonchev–Trinajstić information content (AvgIpc) is 2.57. The fourth-order valence-electron chi connectivity index (χ4n) is 1.69. The molecule has 206 valence electrons. The van der Waals surface area contributed by atoms with Crippen molar-refractivity contribution < 1.29 is 87.5 Å². The first kappa shape index (κ1) is 32.7. The molecule has 4 nitrogen and oxygen atoms in total. The molecule has 0 saturated carbocycles. The normalized spacial score (nSPS) is 16.7. The Kier molecular flexibility index (Phi) is 7.78. The molecule has 1 N–H and O–H groups in total. The predicted octanol–water partition coefficient (Wildman–Crippen LogP) is 4.54. The van der Waals surface area contributed by atoms with Gasteiger partial charge in [-0.25, -0.2) is 8.42 Å². The quantitative estimate of drug-likeness (QED) is 0.238. The monoisotopic (exact) mass is 571 g/mol. The molecule has 0 aliphatic heterocycles. The molecule has 22 heteroatoms. The van der Waals surface area contributed by atoms with Crippen molar-refractivity contribution in [1.29, 1.82) is 0 Å². The van der Waals surface area contributed by atoms with Gasteiger partial charge in [0.1, 0.15) is 6.67 Å². The molecule has 0 unspecified atom stereocenters. The van der Waals surface area contributed by atoms with Gasteiger partial charge >= 0.3 is 47.0 Å². The Morgan fingerprint density at radius 2 is 0.794 bits per heavy atom. The van der Waals surface area contributed by atoms with Gasteiger partial charge in [-0.05, 0) is 0 Å². The second-order valence-corrected chi connectivity index (χ2v) is 9.37. The minimum atomic E-state index is -8.83. The number of alkyl halides is 17. The largest absolute Gasteiger partial charge is 0.460 e. The summed E-state index contributed by atoms with van der Waals surface area (Å²) in [6.45, 7) is -1.37. The molecule has 0 aromatic rings. The molecule has 0 saturated heterocycles. The van der Waals surface area contributed by atoms with Crippen LogP contribution in [0.5, 0.6) is 0 Å². The summed E-state index contributed by atoms with van der Waals surface area (Å²) in [5, 5.41) is -7.54. The van der Waals surface area contributed by atoms with E-state index in [9.17, 15) is 83.1 Å². The van der Waals surface area contributed by atoms with Crippen LogP contribution < -0.4 is 4.72 Å². The summed E-state index contributed by atoms with van der Waals surface area (Å²) < 4.78 is 245. The summed E-state index contributed by atoms with van der Waals surface area (Å²) in [5.74, 6) is -51.6. The molecule has 0 aromatic heterocycles. The van der Waals surface area contributed by atoms with Crippen LogP contribution in [0.2, 0.25) is 0 Å². The molecular weight excluding hydrogens is 559 g/mol. The van der Waals surface area contributed by atoms with Gasteiger partial charge < -0.3 is 4.48 Å². The van der Waals surface area contributed by atoms with Crippen LogP contribution in [0.4, 0.5) is 74.6 Å². The standard InChI is InChI=1S/C12H12F17N2O2S/c1-31(2,3)4-30-34(32,33)12(28,29)10(23,24)8(19,20)6(15,16)5(13,14)7(17,18)9(21,22)11(25,26)27/h30H,4H2,1-3H3/q+1. The molecule has 0 aliphatic rings. The zero-order chi connectivity index (χ0) is 28.4. The van der Waals surface area contributed by atoms with E-state index in [-0.39, 0.29) is 0 Å². The van der Waals surface area contributed by atoms with Crippen LogP contribution in [-0.4, -0.2) is 87.7 Å². The third kappa shape index (κ3) is 4.48. The lowest BCUT2D eigenvalue weighted by atomic mass is 9.91. The van der Waals surface area contributed by atoms with E-state index < -0.39 is 68.1 Å². The Bertz CT molecular complexity index is 857. The van der Waals surface area contributed by atoms with Crippen molar-refractivity contribution in [3.8, 4) is 0 Å². The van der Waals surface area contributed by atoms with Gasteiger partial charge in [0.2, 0.25) is 0 Å². The van der Waals surface area contributed by atoms with Crippen molar-refractivity contribution in [3.05, 3.63) is 0 Å². The van der Waals surface area contributed by atoms with Gasteiger partial charge in [0.25, 0.3) is 10.0 Å². The zero-order valence-corrected chi connectivity index (χ0v) is 17.1. The van der Waals surface area contributed by atoms with E-state index in [1.165, 1.54) is 0 Å². The van der Waals surface area contributed by atoms with Gasteiger partial charge in [0.15, 0.2) is 0 Å². The molecule has 0 fully saturated rings. The molecule has 0 aromatic carbocycles. The van der Waals surface area contributed by atoms with E-state index in [1.54, 1.807) is 0 Å². The molecule has 34 heavy (non-hydrogen) atoms. The fraction of sp³-hybridized carbons (Fsp3) is 1.00. The van der Waals surface area contributed by atoms with Crippen molar-refractivity contribution in [1.82, 2.24) is 4.72 Å². The van der Waals surface area contributed by atoms with E-state index in [2.05, 4.69) is 0 Å². The van der Waals surface area contributed by atoms with Crippen LogP contribution in [0.3, 0.4) is 0 Å². The summed E-state index contributed by atoms with van der Waals surface area (Å²) in [7, 11) is -4.40. The maximum atomic E-state index is 13.7. The molecule has 0 amide bonds. The Morgan fingerprint density at radius 3 is 1.06 bits per heavy atom. The molecular formula is C12H12F17N2O2S+. The third-order valence-electron chi connectivity index (χ3n) is 3.76. The highest BCUT2D eigenvalue weighted by atomic mass is 32.2. The number of hydrogen-bond acceptors (Lipinski definition) is 2. The van der Waals surface area contributed by atoms with E-state index >= 15 is 0 Å². The first-order valence-corrected chi connectivity index (χ1v) is 9.20. The number of nitrogens with zero attached hydrogens (tertiary/aromatic N) is 1. The molecule has 0 bridgehead atoms. The van der Waals surface area contributed by atoms with Crippen molar-refractivity contribution >= 4 is 10.0 Å². The number of quaternary nitrogens is 1. The van der Waals surface area contributed by atoms with Crippen molar-refractivity contribution in [2.75, 3.05) is 27.8 Å². The number of halogens is 17. The number of sulfonamides is 1. The Labute approximate surface area is 178 Å². The Balaban J connectivity index is 6.83. The van der Waals surface area contributed by atoms with E-state index in [1.807, 2.05) is 0 Å². The predicted molar refractivity (Wildman–Crippen MR) is 75.6 cm³/mol. The fourth-order valence-corrected chi connectivity index (χ4v) is 2.89. The van der Waals surface area contributed by atoms with Crippen LogP contribution in [0.25, 0.3) is 0 Å². The second-order valence-electron chi connectivity index (χ2n) is 7.56. The lowest BCUT2D eigenvalue weighted by Crippen LogP contribution is -2.75. The molecule has 0 radical (unpaired) electrons. The maximum Gasteiger partial charge on any atom is 0.460 e. The second kappa shape index (κ2) is 8.10. The SMILES string of the molecule is C[N+](C)(C)CNS(=O)(=O)C(F)(F)C(F)(F)C(F)(F)C(F)(F)C(F)(F)C(F)(F)C(F)(F)C(F)(F)F. The minimum absolute atomic E-state index is 0.514. The first-order chi connectivity index (χ1) is 14.2. The van der Waals surface area contributed by atoms with Gasteiger partial charge in [0.05, 0.1) is 21.1 Å². The van der Waals surface area contributed by atoms with Crippen molar-refractivity contribution in [3.63, 3.8) is 0 Å². The summed E-state index contributed by atoms with van der Waals surface area (Å²) in [4.78, 5) is 0. The number of nitrogens with one attached hydrogen (secondary N) is 1. The van der Waals surface area contributed by atoms with Crippen LogP contribution in [-0.2, 0) is 10.0 Å². The molecule has 0 heterocycles. The number of hydrogen-bond donors (Lipinski definition) is 1. The lowest BCUT2D eigenvalue weighted by molar-refractivity contribution is -0.871. The van der Waals surface area contributed by atoms with Crippen LogP contribution in [0.1, 0.15) is 0 Å². The van der Waals surface area contributed by atoms with Gasteiger partial charge in [-0.3, -0.25) is 0 Å². The average molecular weight is 571 g/mol. The summed E-state index contributed by atoms with van der Waals surface area (Å²) in [6, 6.07) is 0. The molecule has 0 aliphatic carbocycles. The Morgan fingerprint density at radius 1 is 0.529 bits per heavy atom. The highest BCUT2D eigenvalue weighted by Gasteiger charge is 2.96. The third-order valence-corrected chi connectivity index (χ3v) is 5.20. The van der Waals surface area contributed by atoms with Crippen LogP contribution >= 0.6 is 0 Å². The summed E-state index contributed by atoms with van der Waals surface area (Å²) >= 11 is 0. The van der Waals surface area contributed by atoms with E-state index in [0.717, 1.165) is 21.1 Å². The van der Waals surface area contributed by atoms with Gasteiger partial charge in [-0.1, -0.05) is 0 Å².